The molecule has 0 aromatic heterocycles. The Bertz CT molecular complexity index is 554. The van der Waals surface area contributed by atoms with Crippen molar-refractivity contribution in [3.63, 3.8) is 0 Å². The van der Waals surface area contributed by atoms with Crippen LogP contribution >= 0.6 is 0 Å². The fraction of sp³-hybridized carbons (Fsp3) is 1.00. The monoisotopic (exact) mass is 307 g/mol. The molecule has 0 amide bonds. The van der Waals surface area contributed by atoms with Crippen molar-refractivity contribution < 1.29 is 16.8 Å². The predicted octanol–water partition coefficient (Wildman–Crippen LogP) is 0.529. The molecule has 7 heteroatoms. The van der Waals surface area contributed by atoms with Crippen LogP contribution in [0.5, 0.6) is 0 Å². The molecule has 3 rings (SSSR count). The van der Waals surface area contributed by atoms with Crippen molar-refractivity contribution in [2.45, 2.75) is 37.4 Å². The molecule has 2 aliphatic carbocycles. The van der Waals surface area contributed by atoms with Crippen LogP contribution in [0.4, 0.5) is 0 Å². The molecule has 2 saturated carbocycles. The van der Waals surface area contributed by atoms with E-state index in [0.29, 0.717) is 18.4 Å². The maximum absolute atomic E-state index is 12.1. The van der Waals surface area contributed by atoms with Gasteiger partial charge >= 0.3 is 0 Å². The van der Waals surface area contributed by atoms with E-state index in [-0.39, 0.29) is 17.9 Å². The van der Waals surface area contributed by atoms with Gasteiger partial charge in [0.1, 0.15) is 0 Å². The molecule has 0 aromatic carbocycles. The molecule has 1 saturated heterocycles. The minimum Gasteiger partial charge on any atom is -0.229 e. The molecule has 0 aromatic rings. The second kappa shape index (κ2) is 4.70. The van der Waals surface area contributed by atoms with E-state index < -0.39 is 25.1 Å². The van der Waals surface area contributed by atoms with Gasteiger partial charge in [0, 0.05) is 6.54 Å². The van der Waals surface area contributed by atoms with Gasteiger partial charge in [0.25, 0.3) is 0 Å². The van der Waals surface area contributed by atoms with Crippen molar-refractivity contribution >= 4 is 19.9 Å². The minimum atomic E-state index is -3.46. The minimum absolute atomic E-state index is 0.00665. The summed E-state index contributed by atoms with van der Waals surface area (Å²) in [7, 11) is -6.61. The molecule has 0 radical (unpaired) electrons. The summed E-state index contributed by atoms with van der Waals surface area (Å²) in [5, 5.41) is -0.740. The highest BCUT2D eigenvalue weighted by atomic mass is 32.2. The van der Waals surface area contributed by atoms with Crippen LogP contribution in [0.1, 0.15) is 32.1 Å². The summed E-state index contributed by atoms with van der Waals surface area (Å²) < 4.78 is 49.6. The van der Waals surface area contributed by atoms with Gasteiger partial charge in [0.05, 0.1) is 16.8 Å². The first kappa shape index (κ1) is 13.8. The maximum atomic E-state index is 12.1. The van der Waals surface area contributed by atoms with Gasteiger partial charge in [-0.15, -0.1) is 0 Å². The number of hydrogen-bond donors (Lipinski definition) is 1. The van der Waals surface area contributed by atoms with Crippen molar-refractivity contribution in [1.29, 1.82) is 0 Å². The number of rotatable bonds is 4. The summed E-state index contributed by atoms with van der Waals surface area (Å²) in [6.45, 7) is 0.500. The molecule has 2 bridgehead atoms. The molecule has 110 valence electrons. The molecule has 0 spiro atoms. The van der Waals surface area contributed by atoms with Gasteiger partial charge < -0.3 is 0 Å². The van der Waals surface area contributed by atoms with Crippen LogP contribution in [0.2, 0.25) is 0 Å². The molecule has 5 nitrogen and oxygen atoms in total. The summed E-state index contributed by atoms with van der Waals surface area (Å²) in [5.74, 6) is 1.74. The summed E-state index contributed by atoms with van der Waals surface area (Å²) >= 11 is 0. The van der Waals surface area contributed by atoms with E-state index in [1.54, 1.807) is 0 Å². The van der Waals surface area contributed by atoms with E-state index in [0.717, 1.165) is 12.3 Å². The Morgan fingerprint density at radius 1 is 1.11 bits per heavy atom. The van der Waals surface area contributed by atoms with Gasteiger partial charge in [-0.05, 0) is 43.4 Å². The fourth-order valence-electron chi connectivity index (χ4n) is 3.97. The molecular weight excluding hydrogens is 286 g/mol. The predicted molar refractivity (Wildman–Crippen MR) is 72.9 cm³/mol. The van der Waals surface area contributed by atoms with Crippen molar-refractivity contribution in [3.05, 3.63) is 0 Å². The molecule has 4 atom stereocenters. The van der Waals surface area contributed by atoms with E-state index >= 15 is 0 Å². The Labute approximate surface area is 115 Å². The standard InChI is InChI=1S/C12H21NO4S2/c14-18(15)4-3-12(8-18)19(16,17)13-7-11-6-9-1-2-10(11)5-9/h9-13H,1-8H2/t9-,10-,11+,12-/m0/s1. The van der Waals surface area contributed by atoms with E-state index in [1.165, 1.54) is 19.3 Å². The fourth-order valence-corrected chi connectivity index (χ4v) is 8.11. The molecule has 19 heavy (non-hydrogen) atoms. The maximum Gasteiger partial charge on any atom is 0.215 e. The summed E-state index contributed by atoms with van der Waals surface area (Å²) in [4.78, 5) is 0. The topological polar surface area (TPSA) is 80.3 Å². The second-order valence-electron chi connectivity index (χ2n) is 6.35. The van der Waals surface area contributed by atoms with Crippen LogP contribution in [-0.4, -0.2) is 40.1 Å². The third-order valence-corrected chi connectivity index (χ3v) is 8.89. The van der Waals surface area contributed by atoms with Crippen molar-refractivity contribution in [3.8, 4) is 0 Å². The Kier molecular flexibility index (Phi) is 3.42. The number of sulfone groups is 1. The van der Waals surface area contributed by atoms with Gasteiger partial charge in [-0.25, -0.2) is 21.6 Å². The summed E-state index contributed by atoms with van der Waals surface area (Å²) in [6.07, 6.45) is 5.17. The quantitative estimate of drug-likeness (QED) is 0.821. The van der Waals surface area contributed by atoms with Gasteiger partial charge in [-0.1, -0.05) is 6.42 Å². The number of nitrogens with one attached hydrogen (secondary N) is 1. The largest absolute Gasteiger partial charge is 0.229 e. The van der Waals surface area contributed by atoms with Crippen LogP contribution in [0.25, 0.3) is 0 Å². The first-order valence-corrected chi connectivity index (χ1v) is 10.4. The first-order valence-electron chi connectivity index (χ1n) is 7.04. The molecule has 1 aliphatic heterocycles. The lowest BCUT2D eigenvalue weighted by Crippen LogP contribution is -2.38. The van der Waals surface area contributed by atoms with E-state index in [4.69, 9.17) is 0 Å². The highest BCUT2D eigenvalue weighted by Gasteiger charge is 2.41. The second-order valence-corrected chi connectivity index (χ2v) is 10.6. The van der Waals surface area contributed by atoms with E-state index in [9.17, 15) is 16.8 Å². The zero-order valence-electron chi connectivity index (χ0n) is 10.9. The molecule has 1 N–H and O–H groups in total. The molecule has 1 heterocycles. The first-order chi connectivity index (χ1) is 8.86. The van der Waals surface area contributed by atoms with Gasteiger partial charge in [0.15, 0.2) is 9.84 Å². The van der Waals surface area contributed by atoms with E-state index in [1.807, 2.05) is 0 Å². The van der Waals surface area contributed by atoms with Crippen LogP contribution in [0.3, 0.4) is 0 Å². The molecule has 0 unspecified atom stereocenters. The number of fused-ring (bicyclic) bond motifs is 2. The lowest BCUT2D eigenvalue weighted by atomic mass is 9.89. The normalized spacial score (nSPS) is 40.8. The lowest BCUT2D eigenvalue weighted by Gasteiger charge is -2.22. The summed E-state index contributed by atoms with van der Waals surface area (Å²) in [5.41, 5.74) is 0. The Balaban J connectivity index is 1.57. The highest BCUT2D eigenvalue weighted by molar-refractivity contribution is 7.95. The van der Waals surface area contributed by atoms with Crippen molar-refractivity contribution in [2.75, 3.05) is 18.1 Å². The van der Waals surface area contributed by atoms with Gasteiger partial charge in [0.2, 0.25) is 10.0 Å². The van der Waals surface area contributed by atoms with Gasteiger partial charge in [-0.3, -0.25) is 0 Å². The van der Waals surface area contributed by atoms with Crippen LogP contribution in [0, 0.1) is 17.8 Å². The van der Waals surface area contributed by atoms with Crippen LogP contribution in [-0.2, 0) is 19.9 Å². The third kappa shape index (κ3) is 2.83. The van der Waals surface area contributed by atoms with Crippen LogP contribution < -0.4 is 4.72 Å². The molecule has 3 fully saturated rings. The number of sulfonamides is 1. The zero-order chi connectivity index (χ0) is 13.7. The highest BCUT2D eigenvalue weighted by Crippen LogP contribution is 2.48. The number of hydrogen-bond acceptors (Lipinski definition) is 4. The molecular formula is C12H21NO4S2. The average Bonchev–Trinajstić information content (AvgIpc) is 3.01. The average molecular weight is 307 g/mol. The van der Waals surface area contributed by atoms with Crippen LogP contribution in [0.15, 0.2) is 0 Å². The van der Waals surface area contributed by atoms with Gasteiger partial charge in [-0.2, -0.15) is 0 Å². The van der Waals surface area contributed by atoms with Crippen molar-refractivity contribution in [2.24, 2.45) is 17.8 Å². The molecule has 3 aliphatic rings. The van der Waals surface area contributed by atoms with Crippen molar-refractivity contribution in [1.82, 2.24) is 4.72 Å². The Hall–Kier alpha value is -0.140. The Morgan fingerprint density at radius 3 is 2.42 bits per heavy atom. The smallest absolute Gasteiger partial charge is 0.215 e. The Morgan fingerprint density at radius 2 is 1.89 bits per heavy atom. The summed E-state index contributed by atoms with van der Waals surface area (Å²) in [6, 6.07) is 0. The SMILES string of the molecule is O=S1(=O)CC[C@H](S(=O)(=O)NC[C@H]2C[C@H]3CC[C@H]2C3)C1. The lowest BCUT2D eigenvalue weighted by molar-refractivity contribution is 0.332. The zero-order valence-corrected chi connectivity index (χ0v) is 12.5. The third-order valence-electron chi connectivity index (χ3n) is 5.06. The van der Waals surface area contributed by atoms with E-state index in [2.05, 4.69) is 4.72 Å².